The van der Waals surface area contributed by atoms with E-state index in [2.05, 4.69) is 24.1 Å². The van der Waals surface area contributed by atoms with Gasteiger partial charge in [-0.25, -0.2) is 0 Å². The number of nitrogens with zero attached hydrogens (tertiary/aromatic N) is 1. The first kappa shape index (κ1) is 13.2. The second kappa shape index (κ2) is 5.61. The molecule has 0 aliphatic carbocycles. The monoisotopic (exact) mass is 256 g/mol. The highest BCUT2D eigenvalue weighted by atomic mass is 32.2. The van der Waals surface area contributed by atoms with Crippen molar-refractivity contribution >= 4 is 17.7 Å². The number of carbonyl (C=O) groups is 1. The standard InChI is InChI=1S/C13H24N2OS/c1-13(2)5-8-15(9-10-17-13)12(16)11-3-6-14-7-4-11/h11,14H,3-10H2,1-2H3. The maximum Gasteiger partial charge on any atom is 0.225 e. The quantitative estimate of drug-likeness (QED) is 0.775. The summed E-state index contributed by atoms with van der Waals surface area (Å²) in [6.45, 7) is 8.47. The van der Waals surface area contributed by atoms with Crippen molar-refractivity contribution in [3.8, 4) is 0 Å². The summed E-state index contributed by atoms with van der Waals surface area (Å²) in [5, 5.41) is 3.32. The van der Waals surface area contributed by atoms with E-state index in [4.69, 9.17) is 0 Å². The van der Waals surface area contributed by atoms with Crippen LogP contribution in [0.25, 0.3) is 0 Å². The third-order valence-electron chi connectivity index (χ3n) is 3.84. The van der Waals surface area contributed by atoms with Crippen molar-refractivity contribution in [3.63, 3.8) is 0 Å². The average molecular weight is 256 g/mol. The number of amides is 1. The number of piperidine rings is 1. The highest BCUT2D eigenvalue weighted by Gasteiger charge is 2.30. The third-order valence-corrected chi connectivity index (χ3v) is 5.21. The first-order chi connectivity index (χ1) is 8.08. The summed E-state index contributed by atoms with van der Waals surface area (Å²) < 4.78 is 0.336. The van der Waals surface area contributed by atoms with E-state index in [9.17, 15) is 4.79 Å². The van der Waals surface area contributed by atoms with Crippen LogP contribution in [0.1, 0.15) is 33.1 Å². The van der Waals surface area contributed by atoms with Gasteiger partial charge in [-0.3, -0.25) is 4.79 Å². The fraction of sp³-hybridized carbons (Fsp3) is 0.923. The molecule has 0 bridgehead atoms. The van der Waals surface area contributed by atoms with Crippen molar-refractivity contribution < 1.29 is 4.79 Å². The molecule has 17 heavy (non-hydrogen) atoms. The first-order valence-corrected chi connectivity index (χ1v) is 7.70. The van der Waals surface area contributed by atoms with Gasteiger partial charge in [0.2, 0.25) is 5.91 Å². The van der Waals surface area contributed by atoms with Crippen molar-refractivity contribution in [1.29, 1.82) is 0 Å². The molecule has 2 saturated heterocycles. The van der Waals surface area contributed by atoms with E-state index >= 15 is 0 Å². The summed E-state index contributed by atoms with van der Waals surface area (Å²) in [6.07, 6.45) is 3.16. The average Bonchev–Trinajstić information content (AvgIpc) is 2.50. The van der Waals surface area contributed by atoms with Crippen molar-refractivity contribution in [2.75, 3.05) is 31.9 Å². The van der Waals surface area contributed by atoms with Gasteiger partial charge in [-0.2, -0.15) is 11.8 Å². The Morgan fingerprint density at radius 1 is 1.29 bits per heavy atom. The van der Waals surface area contributed by atoms with Crippen LogP contribution in [0.2, 0.25) is 0 Å². The minimum absolute atomic E-state index is 0.280. The zero-order valence-corrected chi connectivity index (χ0v) is 11.8. The van der Waals surface area contributed by atoms with E-state index in [1.165, 1.54) is 0 Å². The van der Waals surface area contributed by atoms with Gasteiger partial charge in [-0.05, 0) is 32.4 Å². The SMILES string of the molecule is CC1(C)CCN(C(=O)C2CCNCC2)CCS1. The number of hydrogen-bond donors (Lipinski definition) is 1. The van der Waals surface area contributed by atoms with Crippen LogP contribution in [-0.4, -0.2) is 47.5 Å². The molecule has 2 rings (SSSR count). The maximum atomic E-state index is 12.4. The largest absolute Gasteiger partial charge is 0.342 e. The van der Waals surface area contributed by atoms with Crippen LogP contribution in [0.15, 0.2) is 0 Å². The van der Waals surface area contributed by atoms with Gasteiger partial charge in [-0.1, -0.05) is 13.8 Å². The molecule has 1 N–H and O–H groups in total. The summed E-state index contributed by atoms with van der Waals surface area (Å²) in [5.74, 6) is 1.77. The van der Waals surface area contributed by atoms with Gasteiger partial charge in [0.05, 0.1) is 0 Å². The summed E-state index contributed by atoms with van der Waals surface area (Å²) >= 11 is 2.00. The summed E-state index contributed by atoms with van der Waals surface area (Å²) in [7, 11) is 0. The molecule has 3 nitrogen and oxygen atoms in total. The summed E-state index contributed by atoms with van der Waals surface area (Å²) in [6, 6.07) is 0. The Hall–Kier alpha value is -0.220. The molecule has 0 saturated carbocycles. The van der Waals surface area contributed by atoms with Gasteiger partial charge >= 0.3 is 0 Å². The minimum atomic E-state index is 0.280. The zero-order chi connectivity index (χ0) is 12.3. The van der Waals surface area contributed by atoms with E-state index in [0.29, 0.717) is 10.7 Å². The molecular formula is C13H24N2OS. The molecular weight excluding hydrogens is 232 g/mol. The molecule has 0 aromatic heterocycles. The molecule has 2 aliphatic heterocycles. The Morgan fingerprint density at radius 2 is 2.00 bits per heavy atom. The van der Waals surface area contributed by atoms with Crippen LogP contribution in [0, 0.1) is 5.92 Å². The highest BCUT2D eigenvalue weighted by Crippen LogP contribution is 2.31. The number of rotatable bonds is 1. The van der Waals surface area contributed by atoms with Crippen molar-refractivity contribution in [2.45, 2.75) is 37.9 Å². The molecule has 2 heterocycles. The predicted octanol–water partition coefficient (Wildman–Crippen LogP) is 1.73. The van der Waals surface area contributed by atoms with Gasteiger partial charge in [-0.15, -0.1) is 0 Å². The maximum absolute atomic E-state index is 12.4. The van der Waals surface area contributed by atoms with E-state index in [0.717, 1.165) is 51.2 Å². The van der Waals surface area contributed by atoms with Crippen LogP contribution < -0.4 is 5.32 Å². The second-order valence-electron chi connectivity index (χ2n) is 5.71. The van der Waals surface area contributed by atoms with Crippen LogP contribution in [0.3, 0.4) is 0 Å². The Kier molecular flexibility index (Phi) is 4.36. The van der Waals surface area contributed by atoms with E-state index < -0.39 is 0 Å². The Morgan fingerprint density at radius 3 is 2.71 bits per heavy atom. The second-order valence-corrected chi connectivity index (χ2v) is 7.51. The lowest BCUT2D eigenvalue weighted by atomic mass is 9.96. The lowest BCUT2D eigenvalue weighted by molar-refractivity contribution is -0.136. The van der Waals surface area contributed by atoms with Gasteiger partial charge < -0.3 is 10.2 Å². The lowest BCUT2D eigenvalue weighted by Crippen LogP contribution is -2.42. The third kappa shape index (κ3) is 3.62. The van der Waals surface area contributed by atoms with Crippen molar-refractivity contribution in [3.05, 3.63) is 0 Å². The van der Waals surface area contributed by atoms with Crippen LogP contribution in [0.5, 0.6) is 0 Å². The van der Waals surface area contributed by atoms with Crippen LogP contribution >= 0.6 is 11.8 Å². The zero-order valence-electron chi connectivity index (χ0n) is 11.0. The molecule has 2 fully saturated rings. The highest BCUT2D eigenvalue weighted by molar-refractivity contribution is 8.00. The van der Waals surface area contributed by atoms with E-state index in [1.807, 2.05) is 11.8 Å². The molecule has 0 aromatic rings. The van der Waals surface area contributed by atoms with Crippen molar-refractivity contribution in [2.24, 2.45) is 5.92 Å². The molecule has 1 amide bonds. The molecule has 4 heteroatoms. The van der Waals surface area contributed by atoms with Gasteiger partial charge in [0.15, 0.2) is 0 Å². The van der Waals surface area contributed by atoms with E-state index in [1.54, 1.807) is 0 Å². The molecule has 98 valence electrons. The van der Waals surface area contributed by atoms with Gasteiger partial charge in [0.1, 0.15) is 0 Å². The van der Waals surface area contributed by atoms with Gasteiger partial charge in [0, 0.05) is 29.5 Å². The number of hydrogen-bond acceptors (Lipinski definition) is 3. The molecule has 0 radical (unpaired) electrons. The fourth-order valence-corrected chi connectivity index (χ4v) is 3.67. The minimum Gasteiger partial charge on any atom is -0.342 e. The van der Waals surface area contributed by atoms with Gasteiger partial charge in [0.25, 0.3) is 0 Å². The van der Waals surface area contributed by atoms with Crippen molar-refractivity contribution in [1.82, 2.24) is 10.2 Å². The number of nitrogens with one attached hydrogen (secondary N) is 1. The predicted molar refractivity (Wildman–Crippen MR) is 73.3 cm³/mol. The normalized spacial score (nSPS) is 26.6. The molecule has 0 atom stereocenters. The lowest BCUT2D eigenvalue weighted by Gasteiger charge is -2.29. The Balaban J connectivity index is 1.90. The summed E-state index contributed by atoms with van der Waals surface area (Å²) in [5.41, 5.74) is 0. The fourth-order valence-electron chi connectivity index (χ4n) is 2.57. The number of thioether (sulfide) groups is 1. The topological polar surface area (TPSA) is 32.3 Å². The molecule has 0 unspecified atom stereocenters. The Bertz CT molecular complexity index is 275. The smallest absolute Gasteiger partial charge is 0.225 e. The van der Waals surface area contributed by atoms with Crippen LogP contribution in [0.4, 0.5) is 0 Å². The molecule has 0 aromatic carbocycles. The van der Waals surface area contributed by atoms with E-state index in [-0.39, 0.29) is 5.92 Å². The van der Waals surface area contributed by atoms with Crippen LogP contribution in [-0.2, 0) is 4.79 Å². The summed E-state index contributed by atoms with van der Waals surface area (Å²) in [4.78, 5) is 14.5. The number of carbonyl (C=O) groups excluding carboxylic acids is 1. The first-order valence-electron chi connectivity index (χ1n) is 6.72. The molecule has 0 spiro atoms. The Labute approximate surface area is 109 Å². The molecule has 2 aliphatic rings.